The van der Waals surface area contributed by atoms with E-state index < -0.39 is 0 Å². The quantitative estimate of drug-likeness (QED) is 0.481. The Kier molecular flexibility index (Phi) is 5.54. The van der Waals surface area contributed by atoms with Gasteiger partial charge in [-0.2, -0.15) is 0 Å². The largest absolute Gasteiger partial charge is 0.497 e. The molecule has 2 aromatic heterocycles. The lowest BCUT2D eigenvalue weighted by Gasteiger charge is -2.06. The van der Waals surface area contributed by atoms with Crippen LogP contribution in [0.25, 0.3) is 21.5 Å². The topological polar surface area (TPSA) is 86.5 Å². The number of nitrogens with one attached hydrogen (secondary N) is 1. The monoisotopic (exact) mass is 419 g/mol. The van der Waals surface area contributed by atoms with Gasteiger partial charge in [-0.15, -0.1) is 11.3 Å². The Bertz CT molecular complexity index is 1200. The first kappa shape index (κ1) is 19.7. The number of hydrogen-bond donors (Lipinski definition) is 2. The summed E-state index contributed by atoms with van der Waals surface area (Å²) >= 11 is 1.29. The van der Waals surface area contributed by atoms with Crippen LogP contribution in [-0.4, -0.2) is 25.1 Å². The van der Waals surface area contributed by atoms with Gasteiger partial charge in [0.15, 0.2) is 0 Å². The van der Waals surface area contributed by atoms with Gasteiger partial charge in [0.05, 0.1) is 25.6 Å². The number of nitrogens with zero attached hydrogens (tertiary/aromatic N) is 1. The van der Waals surface area contributed by atoms with E-state index in [9.17, 15) is 4.79 Å². The summed E-state index contributed by atoms with van der Waals surface area (Å²) in [7, 11) is 3.25. The first-order chi connectivity index (χ1) is 14.6. The summed E-state index contributed by atoms with van der Waals surface area (Å²) in [4.78, 5) is 18.6. The summed E-state index contributed by atoms with van der Waals surface area (Å²) in [5, 5.41) is 3.70. The summed E-state index contributed by atoms with van der Waals surface area (Å²) in [5.41, 5.74) is 9.42. The second-order valence-electron chi connectivity index (χ2n) is 6.66. The molecule has 6 nitrogen and oxygen atoms in total. The van der Waals surface area contributed by atoms with Crippen LogP contribution >= 0.6 is 11.3 Å². The summed E-state index contributed by atoms with van der Waals surface area (Å²) in [6, 6.07) is 19.0. The summed E-state index contributed by atoms with van der Waals surface area (Å²) < 4.78 is 10.4. The molecule has 30 heavy (non-hydrogen) atoms. The fourth-order valence-electron chi connectivity index (χ4n) is 3.12. The predicted octanol–water partition coefficient (Wildman–Crippen LogP) is 4.49. The van der Waals surface area contributed by atoms with Gasteiger partial charge < -0.3 is 20.5 Å². The highest BCUT2D eigenvalue weighted by Gasteiger charge is 2.18. The van der Waals surface area contributed by atoms with Gasteiger partial charge in [0, 0.05) is 17.5 Å². The molecule has 0 unspecified atom stereocenters. The number of rotatable bonds is 6. The number of carbonyl (C=O) groups is 1. The Labute approximate surface area is 178 Å². The van der Waals surface area contributed by atoms with Gasteiger partial charge in [-0.25, -0.2) is 4.98 Å². The van der Waals surface area contributed by atoms with Crippen molar-refractivity contribution >= 4 is 33.1 Å². The smallest absolute Gasteiger partial charge is 0.263 e. The van der Waals surface area contributed by atoms with Gasteiger partial charge in [-0.05, 0) is 42.0 Å². The Morgan fingerprint density at radius 1 is 1.03 bits per heavy atom. The molecule has 152 valence electrons. The van der Waals surface area contributed by atoms with E-state index in [-0.39, 0.29) is 5.91 Å². The van der Waals surface area contributed by atoms with E-state index in [1.165, 1.54) is 11.3 Å². The van der Waals surface area contributed by atoms with Crippen molar-refractivity contribution in [1.29, 1.82) is 0 Å². The SMILES string of the molecule is COc1ccc(CNC(=O)c2sc3nc(-c4cccc(OC)c4)ccc3c2N)cc1. The highest BCUT2D eigenvalue weighted by atomic mass is 32.1. The van der Waals surface area contributed by atoms with Crippen LogP contribution in [0.2, 0.25) is 0 Å². The zero-order valence-electron chi connectivity index (χ0n) is 16.6. The molecular formula is C23H21N3O3S. The van der Waals surface area contributed by atoms with Crippen LogP contribution < -0.4 is 20.5 Å². The minimum atomic E-state index is -0.214. The van der Waals surface area contributed by atoms with E-state index in [1.807, 2.05) is 60.7 Å². The molecule has 2 aromatic carbocycles. The normalized spacial score (nSPS) is 10.7. The van der Waals surface area contributed by atoms with Crippen LogP contribution in [0, 0.1) is 0 Å². The molecule has 0 aliphatic rings. The van der Waals surface area contributed by atoms with Crippen LogP contribution in [0.3, 0.4) is 0 Å². The highest BCUT2D eigenvalue weighted by molar-refractivity contribution is 7.21. The van der Waals surface area contributed by atoms with Crippen molar-refractivity contribution in [2.24, 2.45) is 0 Å². The van der Waals surface area contributed by atoms with E-state index in [0.717, 1.165) is 38.5 Å². The molecule has 3 N–H and O–H groups in total. The molecule has 2 heterocycles. The van der Waals surface area contributed by atoms with Crippen molar-refractivity contribution in [3.8, 4) is 22.8 Å². The Morgan fingerprint density at radius 3 is 2.53 bits per heavy atom. The van der Waals surface area contributed by atoms with Gasteiger partial charge in [-0.1, -0.05) is 24.3 Å². The summed E-state index contributed by atoms with van der Waals surface area (Å²) in [6.45, 7) is 0.402. The number of anilines is 1. The van der Waals surface area contributed by atoms with E-state index in [2.05, 4.69) is 5.32 Å². The molecule has 1 amide bonds. The van der Waals surface area contributed by atoms with Crippen LogP contribution in [0.1, 0.15) is 15.2 Å². The number of fused-ring (bicyclic) bond motifs is 1. The maximum Gasteiger partial charge on any atom is 0.263 e. The van der Waals surface area contributed by atoms with Crippen LogP contribution in [0.4, 0.5) is 5.69 Å². The third-order valence-corrected chi connectivity index (χ3v) is 5.89. The van der Waals surface area contributed by atoms with E-state index in [1.54, 1.807) is 14.2 Å². The first-order valence-corrected chi connectivity index (χ1v) is 10.2. The number of methoxy groups -OCH3 is 2. The molecule has 0 bridgehead atoms. The molecule has 0 spiro atoms. The fraction of sp³-hybridized carbons (Fsp3) is 0.130. The molecule has 0 fully saturated rings. The van der Waals surface area contributed by atoms with Gasteiger partial charge in [0.1, 0.15) is 21.2 Å². The third-order valence-electron chi connectivity index (χ3n) is 4.78. The zero-order valence-corrected chi connectivity index (χ0v) is 17.5. The van der Waals surface area contributed by atoms with Crippen LogP contribution in [-0.2, 0) is 6.54 Å². The molecule has 0 atom stereocenters. The number of ether oxygens (including phenoxy) is 2. The third kappa shape index (κ3) is 3.92. The van der Waals surface area contributed by atoms with Crippen LogP contribution in [0.5, 0.6) is 11.5 Å². The second-order valence-corrected chi connectivity index (χ2v) is 7.66. The van der Waals surface area contributed by atoms with Gasteiger partial charge in [0.2, 0.25) is 0 Å². The zero-order chi connectivity index (χ0) is 21.1. The summed E-state index contributed by atoms with van der Waals surface area (Å²) in [5.74, 6) is 1.32. The van der Waals surface area contributed by atoms with E-state index >= 15 is 0 Å². The molecule has 0 radical (unpaired) electrons. The molecule has 0 aliphatic carbocycles. The molecule has 7 heteroatoms. The number of benzene rings is 2. The van der Waals surface area contributed by atoms with Crippen molar-refractivity contribution in [2.75, 3.05) is 20.0 Å². The number of amides is 1. The van der Waals surface area contributed by atoms with Crippen molar-refractivity contribution in [1.82, 2.24) is 10.3 Å². The van der Waals surface area contributed by atoms with Crippen molar-refractivity contribution < 1.29 is 14.3 Å². The molecule has 0 saturated carbocycles. The Hall–Kier alpha value is -3.58. The lowest BCUT2D eigenvalue weighted by atomic mass is 10.1. The minimum Gasteiger partial charge on any atom is -0.497 e. The van der Waals surface area contributed by atoms with Gasteiger partial charge in [-0.3, -0.25) is 4.79 Å². The molecule has 0 saturated heterocycles. The van der Waals surface area contributed by atoms with E-state index in [0.29, 0.717) is 17.1 Å². The number of carbonyl (C=O) groups excluding carboxylic acids is 1. The molecule has 4 aromatic rings. The first-order valence-electron chi connectivity index (χ1n) is 9.33. The molecule has 0 aliphatic heterocycles. The van der Waals surface area contributed by atoms with Gasteiger partial charge >= 0.3 is 0 Å². The lowest BCUT2D eigenvalue weighted by molar-refractivity contribution is 0.0956. The lowest BCUT2D eigenvalue weighted by Crippen LogP contribution is -2.22. The van der Waals surface area contributed by atoms with Crippen molar-refractivity contribution in [2.45, 2.75) is 6.54 Å². The standard InChI is InChI=1S/C23H21N3O3S/c1-28-16-8-6-14(7-9-16)13-25-22(27)21-20(24)18-10-11-19(26-23(18)30-21)15-4-3-5-17(12-15)29-2/h3-12H,13,24H2,1-2H3,(H,25,27). The van der Waals surface area contributed by atoms with Gasteiger partial charge in [0.25, 0.3) is 5.91 Å². The number of aromatic nitrogens is 1. The molecular weight excluding hydrogens is 398 g/mol. The maximum absolute atomic E-state index is 12.7. The average molecular weight is 420 g/mol. The van der Waals surface area contributed by atoms with Crippen molar-refractivity contribution in [3.05, 3.63) is 71.1 Å². The van der Waals surface area contributed by atoms with E-state index in [4.69, 9.17) is 20.2 Å². The minimum absolute atomic E-state index is 0.214. The number of hydrogen-bond acceptors (Lipinski definition) is 6. The second kappa shape index (κ2) is 8.42. The molecule has 4 rings (SSSR count). The number of nitrogens with two attached hydrogens (primary N) is 1. The maximum atomic E-state index is 12.7. The fourth-order valence-corrected chi connectivity index (χ4v) is 4.13. The highest BCUT2D eigenvalue weighted by Crippen LogP contribution is 2.34. The Balaban J connectivity index is 1.56. The number of pyridine rings is 1. The van der Waals surface area contributed by atoms with Crippen LogP contribution in [0.15, 0.2) is 60.7 Å². The number of nitrogen functional groups attached to an aromatic ring is 1. The average Bonchev–Trinajstić information content (AvgIpc) is 3.13. The summed E-state index contributed by atoms with van der Waals surface area (Å²) in [6.07, 6.45) is 0. The number of thiophene rings is 1. The Morgan fingerprint density at radius 2 is 1.80 bits per heavy atom. The predicted molar refractivity (Wildman–Crippen MR) is 120 cm³/mol. The van der Waals surface area contributed by atoms with Crippen molar-refractivity contribution in [3.63, 3.8) is 0 Å².